The van der Waals surface area contributed by atoms with Crippen LogP contribution in [0.5, 0.6) is 0 Å². The van der Waals surface area contributed by atoms with Gasteiger partial charge in [0.2, 0.25) is 0 Å². The van der Waals surface area contributed by atoms with Crippen LogP contribution >= 0.6 is 0 Å². The number of rotatable bonds is 2. The van der Waals surface area contributed by atoms with E-state index in [0.29, 0.717) is 0 Å². The molecule has 1 aromatic heterocycles. The van der Waals surface area contributed by atoms with Gasteiger partial charge in [0.25, 0.3) is 0 Å². The summed E-state index contributed by atoms with van der Waals surface area (Å²) in [5.41, 5.74) is 12.6. The van der Waals surface area contributed by atoms with E-state index in [0.717, 1.165) is 12.8 Å². The largest absolute Gasteiger partial charge is 0.367 e. The molecule has 0 bridgehead atoms. The van der Waals surface area contributed by atoms with E-state index in [4.69, 9.17) is 0 Å². The molecule has 218 valence electrons. The lowest BCUT2D eigenvalue weighted by atomic mass is 9.91. The highest BCUT2D eigenvalue weighted by atomic mass is 15.3. The smallest absolute Gasteiger partial charge is 0.126 e. The van der Waals surface area contributed by atoms with Gasteiger partial charge in [-0.15, -0.1) is 0 Å². The summed E-state index contributed by atoms with van der Waals surface area (Å²) in [6.45, 7) is 0. The zero-order valence-electron chi connectivity index (χ0n) is 25.3. The molecule has 0 fully saturated rings. The molecule has 0 saturated heterocycles. The fourth-order valence-corrected chi connectivity index (χ4v) is 8.14. The number of allylic oxidation sites excluding steroid dienone is 4. The normalized spacial score (nSPS) is 16.6. The van der Waals surface area contributed by atoms with Crippen molar-refractivity contribution < 1.29 is 0 Å². The first-order valence-corrected chi connectivity index (χ1v) is 16.2. The lowest BCUT2D eigenvalue weighted by Crippen LogP contribution is -2.44. The first kappa shape index (κ1) is 25.5. The third kappa shape index (κ3) is 3.54. The van der Waals surface area contributed by atoms with Gasteiger partial charge in [-0.2, -0.15) is 0 Å². The van der Waals surface area contributed by atoms with E-state index in [2.05, 4.69) is 167 Å². The monoisotopic (exact) mass is 589 g/mol. The van der Waals surface area contributed by atoms with Gasteiger partial charge >= 0.3 is 0 Å². The highest BCUT2D eigenvalue weighted by Crippen LogP contribution is 2.54. The molecule has 1 aliphatic carbocycles. The summed E-state index contributed by atoms with van der Waals surface area (Å²) in [5.74, 6) is 0. The van der Waals surface area contributed by atoms with Crippen LogP contribution in [0.15, 0.2) is 163 Å². The highest BCUT2D eigenvalue weighted by molar-refractivity contribution is 6.16. The molecule has 6 aromatic carbocycles. The van der Waals surface area contributed by atoms with Crippen LogP contribution in [0.2, 0.25) is 0 Å². The SMILES string of the molecule is C1=CC2=C(CC1)C(N1c3ccccc3-c3c(n(-c4cc5ccccc5c5ccccc45)c4ccccc34)-c3ccccc31)NC=C2. The fourth-order valence-electron chi connectivity index (χ4n) is 8.14. The first-order chi connectivity index (χ1) is 22.9. The molecule has 10 rings (SSSR count). The standard InChI is InChI=1S/C43H31N3/c1-4-16-31-28(13-1)25-26-44-43(31)46-38-23-11-8-20-35(38)41-34-19-7-10-22-37(34)45(42(41)36-21-9-12-24-39(36)46)40-27-29-14-2-3-15-30(29)32-17-5-6-18-33(32)40/h1-3,5-15,17-27,43-44H,4,16H2. The van der Waals surface area contributed by atoms with Crippen molar-refractivity contribution in [3.63, 3.8) is 0 Å². The minimum absolute atomic E-state index is 0.0115. The van der Waals surface area contributed by atoms with E-state index in [-0.39, 0.29) is 6.17 Å². The van der Waals surface area contributed by atoms with Crippen LogP contribution in [0.3, 0.4) is 0 Å². The van der Waals surface area contributed by atoms with Crippen LogP contribution in [0.1, 0.15) is 12.8 Å². The van der Waals surface area contributed by atoms with Gasteiger partial charge in [-0.05, 0) is 76.7 Å². The molecular formula is C43H31N3. The van der Waals surface area contributed by atoms with Gasteiger partial charge in [-0.1, -0.05) is 115 Å². The average Bonchev–Trinajstić information content (AvgIpc) is 3.40. The second-order valence-corrected chi connectivity index (χ2v) is 12.5. The van der Waals surface area contributed by atoms with E-state index in [1.165, 1.54) is 83.0 Å². The van der Waals surface area contributed by atoms with Crippen molar-refractivity contribution in [2.24, 2.45) is 0 Å². The maximum absolute atomic E-state index is 3.79. The molecule has 1 atom stereocenters. The third-order valence-electron chi connectivity index (χ3n) is 10.1. The lowest BCUT2D eigenvalue weighted by molar-refractivity contribution is 0.628. The topological polar surface area (TPSA) is 20.2 Å². The van der Waals surface area contributed by atoms with Gasteiger partial charge in [0, 0.05) is 27.5 Å². The maximum Gasteiger partial charge on any atom is 0.126 e. The van der Waals surface area contributed by atoms with Gasteiger partial charge in [-0.25, -0.2) is 0 Å². The van der Waals surface area contributed by atoms with Crippen molar-refractivity contribution in [2.75, 3.05) is 4.90 Å². The summed E-state index contributed by atoms with van der Waals surface area (Å²) in [6, 6.07) is 47.0. The lowest BCUT2D eigenvalue weighted by Gasteiger charge is -2.39. The number of para-hydroxylation sites is 3. The van der Waals surface area contributed by atoms with E-state index < -0.39 is 0 Å². The van der Waals surface area contributed by atoms with Gasteiger partial charge in [0.15, 0.2) is 0 Å². The molecule has 1 unspecified atom stereocenters. The van der Waals surface area contributed by atoms with Crippen molar-refractivity contribution in [1.82, 2.24) is 9.88 Å². The second kappa shape index (κ2) is 9.85. The van der Waals surface area contributed by atoms with Gasteiger partial charge in [0.1, 0.15) is 6.17 Å². The van der Waals surface area contributed by atoms with Crippen LogP contribution in [0.25, 0.3) is 60.5 Å². The predicted molar refractivity (Wildman–Crippen MR) is 193 cm³/mol. The van der Waals surface area contributed by atoms with Gasteiger partial charge in [0.05, 0.1) is 28.3 Å². The Morgan fingerprint density at radius 1 is 0.587 bits per heavy atom. The summed E-state index contributed by atoms with van der Waals surface area (Å²) < 4.78 is 2.54. The van der Waals surface area contributed by atoms with E-state index in [9.17, 15) is 0 Å². The maximum atomic E-state index is 3.79. The molecule has 0 radical (unpaired) electrons. The summed E-state index contributed by atoms with van der Waals surface area (Å²) in [7, 11) is 0. The number of aromatic nitrogens is 1. The Morgan fingerprint density at radius 2 is 1.26 bits per heavy atom. The van der Waals surface area contributed by atoms with Crippen LogP contribution in [0, 0.1) is 0 Å². The van der Waals surface area contributed by atoms with E-state index in [1.807, 2.05) is 0 Å². The molecule has 7 aromatic rings. The molecule has 3 heterocycles. The molecule has 3 aliphatic rings. The summed E-state index contributed by atoms with van der Waals surface area (Å²) in [6.07, 6.45) is 11.1. The molecule has 1 N–H and O–H groups in total. The fraction of sp³-hybridized carbons (Fsp3) is 0.0698. The summed E-state index contributed by atoms with van der Waals surface area (Å²) >= 11 is 0. The van der Waals surface area contributed by atoms with E-state index in [1.54, 1.807) is 0 Å². The number of nitrogens with one attached hydrogen (secondary N) is 1. The van der Waals surface area contributed by atoms with E-state index >= 15 is 0 Å². The molecular weight excluding hydrogens is 558 g/mol. The van der Waals surface area contributed by atoms with Crippen molar-refractivity contribution in [3.05, 3.63) is 163 Å². The number of nitrogens with zero attached hydrogens (tertiary/aromatic N) is 2. The molecule has 3 nitrogen and oxygen atoms in total. The molecule has 3 heteroatoms. The number of hydrogen-bond acceptors (Lipinski definition) is 2. The molecule has 0 spiro atoms. The Labute approximate surface area is 268 Å². The van der Waals surface area contributed by atoms with Crippen molar-refractivity contribution in [3.8, 4) is 28.1 Å². The highest BCUT2D eigenvalue weighted by Gasteiger charge is 2.36. The van der Waals surface area contributed by atoms with Crippen molar-refractivity contribution >= 4 is 43.8 Å². The first-order valence-electron chi connectivity index (χ1n) is 16.2. The minimum atomic E-state index is 0.0115. The van der Waals surface area contributed by atoms with Crippen LogP contribution in [-0.4, -0.2) is 10.7 Å². The Kier molecular flexibility index (Phi) is 5.47. The number of fused-ring (bicyclic) bond motifs is 10. The number of anilines is 2. The quantitative estimate of drug-likeness (QED) is 0.202. The zero-order valence-corrected chi connectivity index (χ0v) is 25.3. The number of dihydropyridines is 1. The Balaban J connectivity index is 1.36. The molecule has 0 saturated carbocycles. The van der Waals surface area contributed by atoms with Gasteiger partial charge < -0.3 is 14.8 Å². The van der Waals surface area contributed by atoms with Crippen molar-refractivity contribution in [1.29, 1.82) is 0 Å². The van der Waals surface area contributed by atoms with Crippen LogP contribution in [-0.2, 0) is 0 Å². The predicted octanol–water partition coefficient (Wildman–Crippen LogP) is 10.8. The zero-order chi connectivity index (χ0) is 30.2. The average molecular weight is 590 g/mol. The van der Waals surface area contributed by atoms with Crippen LogP contribution < -0.4 is 10.2 Å². The molecule has 46 heavy (non-hydrogen) atoms. The number of hydrogen-bond donors (Lipinski definition) is 1. The Bertz CT molecular complexity index is 2470. The summed E-state index contributed by atoms with van der Waals surface area (Å²) in [5, 5.41) is 10.1. The van der Waals surface area contributed by atoms with Crippen LogP contribution in [0.4, 0.5) is 11.4 Å². The summed E-state index contributed by atoms with van der Waals surface area (Å²) in [4.78, 5) is 2.56. The van der Waals surface area contributed by atoms with Gasteiger partial charge in [-0.3, -0.25) is 0 Å². The Hall–Kier alpha value is -5.80. The second-order valence-electron chi connectivity index (χ2n) is 12.5. The number of benzene rings is 6. The molecule has 2 aliphatic heterocycles. The Morgan fingerprint density at radius 3 is 2.13 bits per heavy atom. The minimum Gasteiger partial charge on any atom is -0.367 e. The van der Waals surface area contributed by atoms with Crippen molar-refractivity contribution in [2.45, 2.75) is 19.0 Å². The molecule has 0 amide bonds. The third-order valence-corrected chi connectivity index (χ3v) is 10.1.